The molecule has 1 saturated carbocycles. The van der Waals surface area contributed by atoms with Crippen molar-refractivity contribution in [2.24, 2.45) is 5.92 Å². The van der Waals surface area contributed by atoms with E-state index in [9.17, 15) is 5.11 Å². The Morgan fingerprint density at radius 2 is 1.81 bits per heavy atom. The van der Waals surface area contributed by atoms with Crippen molar-refractivity contribution in [2.75, 3.05) is 6.61 Å². The Bertz CT molecular complexity index is 1160. The predicted molar refractivity (Wildman–Crippen MR) is 143 cm³/mol. The van der Waals surface area contributed by atoms with Crippen molar-refractivity contribution in [1.29, 1.82) is 0 Å². The lowest BCUT2D eigenvalue weighted by Crippen LogP contribution is -2.53. The number of aliphatic hydroxyl groups is 1. The molecule has 0 spiro atoms. The summed E-state index contributed by atoms with van der Waals surface area (Å²) >= 11 is 0. The summed E-state index contributed by atoms with van der Waals surface area (Å²) in [6.07, 6.45) is 9.22. The van der Waals surface area contributed by atoms with Gasteiger partial charge in [-0.2, -0.15) is 0 Å². The Hall–Kier alpha value is -2.69. The number of nitrogens with zero attached hydrogens (tertiary/aromatic N) is 1. The largest absolute Gasteiger partial charge is 0.489 e. The first-order chi connectivity index (χ1) is 17.2. The minimum Gasteiger partial charge on any atom is -0.489 e. The minimum absolute atomic E-state index is 0.0186. The van der Waals surface area contributed by atoms with Crippen LogP contribution < -0.4 is 4.74 Å². The van der Waals surface area contributed by atoms with Gasteiger partial charge in [-0.3, -0.25) is 4.98 Å². The van der Waals surface area contributed by atoms with Gasteiger partial charge in [0.2, 0.25) is 0 Å². The highest BCUT2D eigenvalue weighted by Crippen LogP contribution is 2.54. The zero-order chi connectivity index (χ0) is 25.2. The molecule has 5 rings (SSSR count). The maximum absolute atomic E-state index is 11.6. The van der Waals surface area contributed by atoms with Crippen molar-refractivity contribution in [1.82, 2.24) is 4.98 Å². The van der Waals surface area contributed by atoms with Crippen molar-refractivity contribution >= 4 is 0 Å². The fraction of sp³-hybridized carbons (Fsp3) is 0.469. The van der Waals surface area contributed by atoms with E-state index in [-0.39, 0.29) is 11.0 Å². The van der Waals surface area contributed by atoms with Crippen LogP contribution in [0.3, 0.4) is 0 Å². The van der Waals surface area contributed by atoms with E-state index in [4.69, 9.17) is 9.47 Å². The van der Waals surface area contributed by atoms with Gasteiger partial charge in [-0.05, 0) is 100 Å². The number of hydrogen-bond acceptors (Lipinski definition) is 4. The molecule has 2 aliphatic carbocycles. The quantitative estimate of drug-likeness (QED) is 0.419. The van der Waals surface area contributed by atoms with Crippen LogP contribution >= 0.6 is 0 Å². The second-order valence-corrected chi connectivity index (χ2v) is 11.9. The van der Waals surface area contributed by atoms with Crippen LogP contribution in [0.1, 0.15) is 68.7 Å². The van der Waals surface area contributed by atoms with Crippen molar-refractivity contribution in [3.05, 3.63) is 95.3 Å². The molecule has 4 nitrogen and oxygen atoms in total. The topological polar surface area (TPSA) is 51.6 Å². The van der Waals surface area contributed by atoms with Gasteiger partial charge >= 0.3 is 0 Å². The molecule has 0 radical (unpaired) electrons. The van der Waals surface area contributed by atoms with E-state index < -0.39 is 5.60 Å². The summed E-state index contributed by atoms with van der Waals surface area (Å²) < 4.78 is 12.2. The van der Waals surface area contributed by atoms with E-state index in [0.29, 0.717) is 19.1 Å². The van der Waals surface area contributed by atoms with E-state index in [1.165, 1.54) is 16.7 Å². The van der Waals surface area contributed by atoms with Gasteiger partial charge in [-0.15, -0.1) is 0 Å². The molecule has 4 heteroatoms. The van der Waals surface area contributed by atoms with E-state index in [0.717, 1.165) is 49.8 Å². The normalized spacial score (nSPS) is 25.6. The number of hydrogen-bond donors (Lipinski definition) is 1. The fourth-order valence-electron chi connectivity index (χ4n) is 6.25. The van der Waals surface area contributed by atoms with Gasteiger partial charge in [-0.25, -0.2) is 0 Å². The van der Waals surface area contributed by atoms with E-state index in [1.54, 1.807) is 6.20 Å². The lowest BCUT2D eigenvalue weighted by molar-refractivity contribution is -0.133. The highest BCUT2D eigenvalue weighted by molar-refractivity contribution is 5.45. The number of benzene rings is 2. The second kappa shape index (κ2) is 9.99. The Kier molecular flexibility index (Phi) is 6.93. The first-order valence-corrected chi connectivity index (χ1v) is 13.3. The SMILES string of the molecule is CC(C)(C)OC[C@@]1(O)CC[C@@]2(Cc3ccccc3)c3ccc(OCc4cccnc4)cc3CC[C@@H]2C1. The molecule has 3 aromatic rings. The summed E-state index contributed by atoms with van der Waals surface area (Å²) in [7, 11) is 0. The molecule has 2 aliphatic rings. The zero-order valence-corrected chi connectivity index (χ0v) is 21.9. The minimum atomic E-state index is -0.761. The van der Waals surface area contributed by atoms with E-state index in [2.05, 4.69) is 74.3 Å². The van der Waals surface area contributed by atoms with Crippen molar-refractivity contribution < 1.29 is 14.6 Å². The van der Waals surface area contributed by atoms with Crippen LogP contribution in [0.2, 0.25) is 0 Å². The summed E-state index contributed by atoms with van der Waals surface area (Å²) in [5.41, 5.74) is 4.27. The van der Waals surface area contributed by atoms with Crippen molar-refractivity contribution in [3.8, 4) is 5.75 Å². The molecule has 1 fully saturated rings. The van der Waals surface area contributed by atoms with Crippen LogP contribution in [0.5, 0.6) is 5.75 Å². The molecule has 0 bridgehead atoms. The molecule has 3 atom stereocenters. The Morgan fingerprint density at radius 3 is 2.56 bits per heavy atom. The Morgan fingerprint density at radius 1 is 1.00 bits per heavy atom. The molecule has 0 unspecified atom stereocenters. The average molecular weight is 486 g/mol. The Labute approximate surface area is 215 Å². The van der Waals surface area contributed by atoms with Crippen molar-refractivity contribution in [3.63, 3.8) is 0 Å². The number of aromatic nitrogens is 1. The average Bonchev–Trinajstić information content (AvgIpc) is 2.87. The fourth-order valence-corrected chi connectivity index (χ4v) is 6.25. The summed E-state index contributed by atoms with van der Waals surface area (Å²) in [5.74, 6) is 1.33. The number of aryl methyl sites for hydroxylation is 1. The zero-order valence-electron chi connectivity index (χ0n) is 21.9. The monoisotopic (exact) mass is 485 g/mol. The van der Waals surface area contributed by atoms with Gasteiger partial charge in [0.1, 0.15) is 12.4 Å². The molecule has 0 saturated heterocycles. The lowest BCUT2D eigenvalue weighted by atomic mass is 9.52. The van der Waals surface area contributed by atoms with Gasteiger partial charge in [0.25, 0.3) is 0 Å². The van der Waals surface area contributed by atoms with Gasteiger partial charge < -0.3 is 14.6 Å². The molecule has 0 amide bonds. The first kappa shape index (κ1) is 25.0. The highest BCUT2D eigenvalue weighted by Gasteiger charge is 2.51. The summed E-state index contributed by atoms with van der Waals surface area (Å²) in [6.45, 7) is 7.10. The lowest BCUT2D eigenvalue weighted by Gasteiger charge is -2.53. The molecular formula is C32H39NO3. The summed E-state index contributed by atoms with van der Waals surface area (Å²) in [6, 6.07) is 21.5. The van der Waals surface area contributed by atoms with Crippen LogP contribution in [-0.2, 0) is 29.6 Å². The van der Waals surface area contributed by atoms with Crippen LogP contribution in [0.15, 0.2) is 73.1 Å². The molecule has 2 aromatic carbocycles. The second-order valence-electron chi connectivity index (χ2n) is 11.9. The van der Waals surface area contributed by atoms with Gasteiger partial charge in [0.15, 0.2) is 0 Å². The molecule has 1 N–H and O–H groups in total. The van der Waals surface area contributed by atoms with Gasteiger partial charge in [-0.1, -0.05) is 42.5 Å². The summed E-state index contributed by atoms with van der Waals surface area (Å²) in [4.78, 5) is 4.19. The van der Waals surface area contributed by atoms with Crippen LogP contribution in [0, 0.1) is 5.92 Å². The highest BCUT2D eigenvalue weighted by atomic mass is 16.5. The molecular weight excluding hydrogens is 446 g/mol. The number of rotatable bonds is 7. The smallest absolute Gasteiger partial charge is 0.120 e. The van der Waals surface area contributed by atoms with Crippen LogP contribution in [0.25, 0.3) is 0 Å². The molecule has 0 aliphatic heterocycles. The maximum atomic E-state index is 11.6. The Balaban J connectivity index is 1.42. The molecule has 1 heterocycles. The van der Waals surface area contributed by atoms with Gasteiger partial charge in [0, 0.05) is 23.4 Å². The van der Waals surface area contributed by atoms with Gasteiger partial charge in [0.05, 0.1) is 17.8 Å². The number of pyridine rings is 1. The molecule has 36 heavy (non-hydrogen) atoms. The van der Waals surface area contributed by atoms with E-state index >= 15 is 0 Å². The standard InChI is InChI=1S/C32H39NO3/c1-30(2,3)36-23-31(34)15-16-32(19-24-8-5-4-6-9-24)27(20-31)12-11-26-18-28(13-14-29(26)32)35-22-25-10-7-17-33-21-25/h4-10,13-14,17-18,21,27,34H,11-12,15-16,19-20,22-23H2,1-3H3/t27-,31-,32+/m1/s1. The third-order valence-electron chi connectivity index (χ3n) is 8.08. The van der Waals surface area contributed by atoms with Crippen LogP contribution in [0.4, 0.5) is 0 Å². The maximum Gasteiger partial charge on any atom is 0.120 e. The van der Waals surface area contributed by atoms with Crippen LogP contribution in [-0.4, -0.2) is 27.9 Å². The third kappa shape index (κ3) is 5.50. The van der Waals surface area contributed by atoms with E-state index in [1.807, 2.05) is 18.3 Å². The number of ether oxygens (including phenoxy) is 2. The first-order valence-electron chi connectivity index (χ1n) is 13.3. The third-order valence-corrected chi connectivity index (χ3v) is 8.08. The molecule has 190 valence electrons. The molecule has 1 aromatic heterocycles. The number of fused-ring (bicyclic) bond motifs is 3. The summed E-state index contributed by atoms with van der Waals surface area (Å²) in [5, 5.41) is 11.6. The predicted octanol–water partition coefficient (Wildman–Crippen LogP) is 6.43. The van der Waals surface area contributed by atoms with Crippen molar-refractivity contribution in [2.45, 2.75) is 82.5 Å².